The number of hydrogen-bond donors (Lipinski definition) is 0. The van der Waals surface area contributed by atoms with Gasteiger partial charge in [0.2, 0.25) is 5.91 Å². The molecule has 2 atom stereocenters. The molecule has 1 aliphatic heterocycles. The maximum atomic E-state index is 11.9. The molecule has 0 aromatic carbocycles. The molecule has 1 fully saturated rings. The number of likely N-dealkylation sites (tertiary alicyclic amines) is 1. The van der Waals surface area contributed by atoms with Gasteiger partial charge in [-0.25, -0.2) is 0 Å². The molecule has 0 spiro atoms. The Kier molecular flexibility index (Phi) is 4.86. The number of nitrogens with zero attached hydrogens (tertiary/aromatic N) is 1. The highest BCUT2D eigenvalue weighted by molar-refractivity contribution is 14.1. The molecule has 0 N–H and O–H groups in total. The van der Waals surface area contributed by atoms with Gasteiger partial charge >= 0.3 is 0 Å². The first kappa shape index (κ1) is 11.6. The predicted molar refractivity (Wildman–Crippen MR) is 66.3 cm³/mol. The fraction of sp³-hybridized carbons (Fsp3) is 0.889. The summed E-state index contributed by atoms with van der Waals surface area (Å²) in [6, 6.07) is 0. The molecule has 0 bridgehead atoms. The molecule has 0 radical (unpaired) electrons. The summed E-state index contributed by atoms with van der Waals surface area (Å²) in [6.45, 7) is 2.99. The summed E-state index contributed by atoms with van der Waals surface area (Å²) >= 11 is 4.12. The van der Waals surface area contributed by atoms with Gasteiger partial charge < -0.3 is 4.90 Å². The Morgan fingerprint density at radius 2 is 2.46 bits per heavy atom. The van der Waals surface area contributed by atoms with Crippen LogP contribution in [0, 0.1) is 5.92 Å². The molecule has 4 heteroatoms. The first-order valence-electron chi connectivity index (χ1n) is 4.60. The summed E-state index contributed by atoms with van der Waals surface area (Å²) in [7, 11) is 0. The zero-order valence-corrected chi connectivity index (χ0v) is 11.1. The number of halogens is 1. The smallest absolute Gasteiger partial charge is 0.227 e. The summed E-state index contributed by atoms with van der Waals surface area (Å²) in [4.78, 5) is 13.9. The van der Waals surface area contributed by atoms with E-state index in [9.17, 15) is 4.79 Å². The number of amides is 1. The highest BCUT2D eigenvalue weighted by Crippen LogP contribution is 2.24. The van der Waals surface area contributed by atoms with Crippen LogP contribution < -0.4 is 0 Å². The van der Waals surface area contributed by atoms with Crippen LogP contribution in [-0.4, -0.2) is 33.4 Å². The highest BCUT2D eigenvalue weighted by Gasteiger charge is 2.28. The zero-order valence-electron chi connectivity index (χ0n) is 8.12. The van der Waals surface area contributed by atoms with E-state index >= 15 is 0 Å². The standard InChI is InChI=1S/C9H16INOS/c1-7(6-13-2)9(12)11-5-3-4-8(11)10/h7-8H,3-6H2,1-2H3/t7-,8+/m1/s1. The quantitative estimate of drug-likeness (QED) is 0.453. The highest BCUT2D eigenvalue weighted by atomic mass is 127. The van der Waals surface area contributed by atoms with Gasteiger partial charge in [0, 0.05) is 18.2 Å². The fourth-order valence-electron chi connectivity index (χ4n) is 1.58. The predicted octanol–water partition coefficient (Wildman–Crippen LogP) is 2.37. The van der Waals surface area contributed by atoms with Crippen LogP contribution in [0.3, 0.4) is 0 Å². The molecule has 1 aliphatic rings. The van der Waals surface area contributed by atoms with Crippen LogP contribution >= 0.6 is 34.4 Å². The lowest BCUT2D eigenvalue weighted by atomic mass is 10.2. The maximum Gasteiger partial charge on any atom is 0.227 e. The Hall–Kier alpha value is 0.550. The Labute approximate surface area is 98.0 Å². The van der Waals surface area contributed by atoms with E-state index in [4.69, 9.17) is 0 Å². The second-order valence-corrected chi connectivity index (χ2v) is 5.81. The van der Waals surface area contributed by atoms with E-state index in [1.54, 1.807) is 11.8 Å². The normalized spacial score (nSPS) is 24.8. The van der Waals surface area contributed by atoms with Crippen LogP contribution in [0.15, 0.2) is 0 Å². The third-order valence-corrected chi connectivity index (χ3v) is 4.43. The molecule has 0 unspecified atom stereocenters. The largest absolute Gasteiger partial charge is 0.331 e. The Morgan fingerprint density at radius 3 is 2.92 bits per heavy atom. The van der Waals surface area contributed by atoms with Gasteiger partial charge in [-0.05, 0) is 19.1 Å². The third-order valence-electron chi connectivity index (χ3n) is 2.30. The average molecular weight is 313 g/mol. The van der Waals surface area contributed by atoms with Gasteiger partial charge in [0.15, 0.2) is 0 Å². The summed E-state index contributed by atoms with van der Waals surface area (Å²) in [5.74, 6) is 1.47. The topological polar surface area (TPSA) is 20.3 Å². The number of thioether (sulfide) groups is 1. The minimum atomic E-state index is 0.186. The van der Waals surface area contributed by atoms with Gasteiger partial charge in [0.1, 0.15) is 0 Å². The van der Waals surface area contributed by atoms with E-state index in [-0.39, 0.29) is 5.92 Å². The first-order chi connectivity index (χ1) is 6.16. The number of carbonyl (C=O) groups is 1. The molecular weight excluding hydrogens is 297 g/mol. The van der Waals surface area contributed by atoms with E-state index in [2.05, 4.69) is 28.8 Å². The number of hydrogen-bond acceptors (Lipinski definition) is 2. The van der Waals surface area contributed by atoms with Gasteiger partial charge in [0.25, 0.3) is 0 Å². The van der Waals surface area contributed by atoms with Gasteiger partial charge in [-0.1, -0.05) is 29.5 Å². The van der Waals surface area contributed by atoms with Crippen molar-refractivity contribution in [2.45, 2.75) is 23.8 Å². The minimum absolute atomic E-state index is 0.186. The Morgan fingerprint density at radius 1 is 1.77 bits per heavy atom. The lowest BCUT2D eigenvalue weighted by molar-refractivity contribution is -0.133. The van der Waals surface area contributed by atoms with E-state index in [0.717, 1.165) is 18.7 Å². The van der Waals surface area contributed by atoms with Crippen LogP contribution in [0.2, 0.25) is 0 Å². The average Bonchev–Trinajstić information content (AvgIpc) is 2.50. The van der Waals surface area contributed by atoms with Gasteiger partial charge in [-0.2, -0.15) is 11.8 Å². The van der Waals surface area contributed by atoms with Crippen LogP contribution in [0.4, 0.5) is 0 Å². The molecular formula is C9H16INOS. The van der Waals surface area contributed by atoms with Crippen molar-refractivity contribution in [1.82, 2.24) is 4.90 Å². The summed E-state index contributed by atoms with van der Waals surface area (Å²) in [5.41, 5.74) is 0. The molecule has 1 rings (SSSR count). The minimum Gasteiger partial charge on any atom is -0.331 e. The molecule has 1 saturated heterocycles. The van der Waals surface area contributed by atoms with Crippen molar-refractivity contribution in [3.05, 3.63) is 0 Å². The second kappa shape index (κ2) is 5.44. The van der Waals surface area contributed by atoms with E-state index in [1.165, 1.54) is 6.42 Å². The third kappa shape index (κ3) is 3.01. The molecule has 1 amide bonds. The number of alkyl halides is 1. The zero-order chi connectivity index (χ0) is 9.84. The van der Waals surface area contributed by atoms with Crippen molar-refractivity contribution in [1.29, 1.82) is 0 Å². The van der Waals surface area contributed by atoms with Crippen LogP contribution in [0.25, 0.3) is 0 Å². The van der Waals surface area contributed by atoms with Crippen molar-refractivity contribution in [3.8, 4) is 0 Å². The molecule has 13 heavy (non-hydrogen) atoms. The van der Waals surface area contributed by atoms with Crippen molar-refractivity contribution >= 4 is 40.3 Å². The maximum absolute atomic E-state index is 11.9. The monoisotopic (exact) mass is 313 g/mol. The SMILES string of the molecule is CSC[C@@H](C)C(=O)N1CCC[C@H]1I. The van der Waals surface area contributed by atoms with Gasteiger partial charge in [0.05, 0.1) is 4.05 Å². The molecule has 76 valence electrons. The van der Waals surface area contributed by atoms with Gasteiger partial charge in [-0.3, -0.25) is 4.79 Å². The molecule has 1 heterocycles. The van der Waals surface area contributed by atoms with Gasteiger partial charge in [-0.15, -0.1) is 0 Å². The number of carbonyl (C=O) groups excluding carboxylic acids is 1. The van der Waals surface area contributed by atoms with Crippen molar-refractivity contribution in [3.63, 3.8) is 0 Å². The summed E-state index contributed by atoms with van der Waals surface area (Å²) in [5, 5.41) is 0. The number of rotatable bonds is 3. The van der Waals surface area contributed by atoms with Crippen LogP contribution in [0.1, 0.15) is 19.8 Å². The molecule has 0 aromatic rings. The molecule has 0 saturated carbocycles. The molecule has 0 aliphatic carbocycles. The van der Waals surface area contributed by atoms with Crippen LogP contribution in [-0.2, 0) is 4.79 Å². The van der Waals surface area contributed by atoms with Crippen molar-refractivity contribution in [2.75, 3.05) is 18.6 Å². The molecule has 2 nitrogen and oxygen atoms in total. The molecule has 0 aromatic heterocycles. The van der Waals surface area contributed by atoms with Crippen molar-refractivity contribution < 1.29 is 4.79 Å². The summed E-state index contributed by atoms with van der Waals surface area (Å²) in [6.07, 6.45) is 4.39. The van der Waals surface area contributed by atoms with E-state index < -0.39 is 0 Å². The fourth-order valence-corrected chi connectivity index (χ4v) is 3.21. The van der Waals surface area contributed by atoms with E-state index in [1.807, 2.05) is 11.8 Å². The van der Waals surface area contributed by atoms with Crippen LogP contribution in [0.5, 0.6) is 0 Å². The second-order valence-electron chi connectivity index (χ2n) is 3.46. The van der Waals surface area contributed by atoms with E-state index in [0.29, 0.717) is 9.96 Å². The lowest BCUT2D eigenvalue weighted by Gasteiger charge is -2.23. The van der Waals surface area contributed by atoms with Crippen molar-refractivity contribution in [2.24, 2.45) is 5.92 Å². The Bertz CT molecular complexity index is 188. The summed E-state index contributed by atoms with van der Waals surface area (Å²) < 4.78 is 0.439. The Balaban J connectivity index is 2.46. The lowest BCUT2D eigenvalue weighted by Crippen LogP contribution is -2.36. The first-order valence-corrected chi connectivity index (χ1v) is 7.24.